The molecular weight excluding hydrogens is 373 g/mol. The van der Waals surface area contributed by atoms with Crippen molar-refractivity contribution in [2.75, 3.05) is 13.7 Å². The van der Waals surface area contributed by atoms with Crippen LogP contribution in [-0.2, 0) is 16.0 Å². The molecule has 2 aromatic heterocycles. The lowest BCUT2D eigenvalue weighted by atomic mass is 10.0. The highest BCUT2D eigenvalue weighted by molar-refractivity contribution is 6.02. The molecule has 1 aromatic carbocycles. The summed E-state index contributed by atoms with van der Waals surface area (Å²) in [5, 5.41) is 11.3. The molecule has 2 atom stereocenters. The van der Waals surface area contributed by atoms with Crippen LogP contribution in [0, 0.1) is 11.2 Å². The highest BCUT2D eigenvalue weighted by atomic mass is 19.1. The van der Waals surface area contributed by atoms with E-state index in [1.807, 2.05) is 0 Å². The van der Waals surface area contributed by atoms with Crippen molar-refractivity contribution in [1.82, 2.24) is 19.9 Å². The van der Waals surface area contributed by atoms with Gasteiger partial charge in [-0.1, -0.05) is 0 Å². The molecule has 1 fully saturated rings. The van der Waals surface area contributed by atoms with Gasteiger partial charge in [0.2, 0.25) is 0 Å². The maximum absolute atomic E-state index is 14.0. The summed E-state index contributed by atoms with van der Waals surface area (Å²) in [6.07, 6.45) is 6.38. The molecule has 0 radical (unpaired) electrons. The van der Waals surface area contributed by atoms with Gasteiger partial charge in [0, 0.05) is 24.2 Å². The van der Waals surface area contributed by atoms with Crippen molar-refractivity contribution in [3.05, 3.63) is 48.0 Å². The highest BCUT2D eigenvalue weighted by Crippen LogP contribution is 2.33. The summed E-state index contributed by atoms with van der Waals surface area (Å²) >= 11 is 0. The van der Waals surface area contributed by atoms with Gasteiger partial charge in [-0.2, -0.15) is 0 Å². The van der Waals surface area contributed by atoms with Crippen molar-refractivity contribution < 1.29 is 13.9 Å². The summed E-state index contributed by atoms with van der Waals surface area (Å²) in [6, 6.07) is 4.85. The van der Waals surface area contributed by atoms with E-state index in [9.17, 15) is 4.39 Å². The Labute approximate surface area is 168 Å². The van der Waals surface area contributed by atoms with Crippen LogP contribution in [-0.4, -0.2) is 40.6 Å². The van der Waals surface area contributed by atoms with Crippen molar-refractivity contribution >= 4 is 28.2 Å². The number of pyridine rings is 1. The molecule has 29 heavy (non-hydrogen) atoms. The first-order valence-corrected chi connectivity index (χ1v) is 9.65. The summed E-state index contributed by atoms with van der Waals surface area (Å²) in [5.74, 6) is 0.953. The standard InChI is InChI=1S/C21H24FN5O2/c1-13-7-15(5-6-29-13)27-20(12-24-10-16(9-23)28-2)26-19-11-25-18-4-3-14(22)8-17(18)21(19)27/h3-4,8-11,13,15,23-24H,5-7,12H2,1-2H3/b16-10+,23-9?/t13-,15?/m1/s1. The molecule has 1 saturated heterocycles. The van der Waals surface area contributed by atoms with Gasteiger partial charge in [0.05, 0.1) is 43.2 Å². The molecule has 3 aromatic rings. The smallest absolute Gasteiger partial charge is 0.151 e. The molecule has 1 aliphatic heterocycles. The summed E-state index contributed by atoms with van der Waals surface area (Å²) in [5.41, 5.74) is 2.38. The second-order valence-corrected chi connectivity index (χ2v) is 7.19. The van der Waals surface area contributed by atoms with E-state index in [1.165, 1.54) is 19.2 Å². The summed E-state index contributed by atoms with van der Waals surface area (Å²) in [7, 11) is 1.52. The maximum Gasteiger partial charge on any atom is 0.151 e. The third-order valence-electron chi connectivity index (χ3n) is 5.26. The minimum absolute atomic E-state index is 0.148. The lowest BCUT2D eigenvalue weighted by Crippen LogP contribution is -2.27. The van der Waals surface area contributed by atoms with E-state index >= 15 is 0 Å². The summed E-state index contributed by atoms with van der Waals surface area (Å²) < 4.78 is 27.1. The number of rotatable bonds is 6. The average Bonchev–Trinajstić information content (AvgIpc) is 3.10. The number of hydrogen-bond donors (Lipinski definition) is 2. The molecule has 2 N–H and O–H groups in total. The molecule has 152 valence electrons. The lowest BCUT2D eigenvalue weighted by molar-refractivity contribution is 0.00622. The van der Waals surface area contributed by atoms with Gasteiger partial charge in [-0.3, -0.25) is 4.98 Å². The molecule has 3 heterocycles. The Bertz CT molecular complexity index is 1080. The van der Waals surface area contributed by atoms with E-state index in [0.717, 1.165) is 46.8 Å². The van der Waals surface area contributed by atoms with Gasteiger partial charge in [0.25, 0.3) is 0 Å². The number of hydrogen-bond acceptors (Lipinski definition) is 6. The zero-order chi connectivity index (χ0) is 20.4. The first-order valence-electron chi connectivity index (χ1n) is 9.65. The Morgan fingerprint density at radius 3 is 3.07 bits per heavy atom. The lowest BCUT2D eigenvalue weighted by Gasteiger charge is -2.30. The number of allylic oxidation sites excluding steroid dienone is 1. The van der Waals surface area contributed by atoms with Crippen molar-refractivity contribution in [3.8, 4) is 0 Å². The van der Waals surface area contributed by atoms with Gasteiger partial charge >= 0.3 is 0 Å². The van der Waals surface area contributed by atoms with E-state index in [1.54, 1.807) is 18.5 Å². The van der Waals surface area contributed by atoms with Crippen LogP contribution in [0.5, 0.6) is 0 Å². The summed E-state index contributed by atoms with van der Waals surface area (Å²) in [6.45, 7) is 3.19. The molecule has 4 rings (SSSR count). The fourth-order valence-corrected chi connectivity index (χ4v) is 3.93. The normalized spacial score (nSPS) is 20.2. The van der Waals surface area contributed by atoms with Gasteiger partial charge in [-0.15, -0.1) is 0 Å². The number of nitrogens with one attached hydrogen (secondary N) is 2. The van der Waals surface area contributed by atoms with Crippen LogP contribution in [0.3, 0.4) is 0 Å². The number of halogens is 1. The van der Waals surface area contributed by atoms with Gasteiger partial charge in [0.15, 0.2) is 5.76 Å². The molecule has 0 amide bonds. The highest BCUT2D eigenvalue weighted by Gasteiger charge is 2.26. The van der Waals surface area contributed by atoms with E-state index in [-0.39, 0.29) is 18.0 Å². The Morgan fingerprint density at radius 1 is 1.45 bits per heavy atom. The third kappa shape index (κ3) is 3.80. The Hall–Kier alpha value is -3.00. The summed E-state index contributed by atoms with van der Waals surface area (Å²) in [4.78, 5) is 9.24. The fourth-order valence-electron chi connectivity index (χ4n) is 3.93. The van der Waals surface area contributed by atoms with E-state index in [4.69, 9.17) is 19.9 Å². The Balaban J connectivity index is 1.84. The predicted octanol–water partition coefficient (Wildman–Crippen LogP) is 3.69. The maximum atomic E-state index is 14.0. The van der Waals surface area contributed by atoms with Crippen LogP contribution in [0.1, 0.15) is 31.6 Å². The Morgan fingerprint density at radius 2 is 2.31 bits per heavy atom. The van der Waals surface area contributed by atoms with Gasteiger partial charge in [-0.25, -0.2) is 9.37 Å². The van der Waals surface area contributed by atoms with Crippen LogP contribution in [0.2, 0.25) is 0 Å². The molecule has 0 aliphatic carbocycles. The topological polar surface area (TPSA) is 85.0 Å². The third-order valence-corrected chi connectivity index (χ3v) is 5.26. The predicted molar refractivity (Wildman–Crippen MR) is 109 cm³/mol. The molecular formula is C21H24FN5O2. The van der Waals surface area contributed by atoms with E-state index < -0.39 is 0 Å². The minimum Gasteiger partial charge on any atom is -0.494 e. The van der Waals surface area contributed by atoms with Crippen LogP contribution in [0.25, 0.3) is 21.9 Å². The largest absolute Gasteiger partial charge is 0.494 e. The van der Waals surface area contributed by atoms with Gasteiger partial charge in [-0.05, 0) is 38.0 Å². The SMILES string of the molecule is CO/C(C=N)=C/NCc1nc2cnc3ccc(F)cc3c2n1C1CCO[C@H](C)C1. The van der Waals surface area contributed by atoms with Crippen LogP contribution >= 0.6 is 0 Å². The first kappa shape index (κ1) is 19.3. The number of nitrogens with zero attached hydrogens (tertiary/aromatic N) is 3. The molecule has 0 spiro atoms. The van der Waals surface area contributed by atoms with E-state index in [0.29, 0.717) is 18.9 Å². The van der Waals surface area contributed by atoms with Gasteiger partial charge < -0.3 is 24.8 Å². The molecule has 1 unspecified atom stereocenters. The number of methoxy groups -OCH3 is 1. The van der Waals surface area contributed by atoms with Crippen molar-refractivity contribution in [1.29, 1.82) is 5.41 Å². The zero-order valence-corrected chi connectivity index (χ0v) is 16.5. The second kappa shape index (κ2) is 8.16. The number of aromatic nitrogens is 3. The van der Waals surface area contributed by atoms with Gasteiger partial charge in [0.1, 0.15) is 17.2 Å². The zero-order valence-electron chi connectivity index (χ0n) is 16.5. The van der Waals surface area contributed by atoms with Crippen molar-refractivity contribution in [2.24, 2.45) is 0 Å². The van der Waals surface area contributed by atoms with E-state index in [2.05, 4.69) is 21.8 Å². The monoisotopic (exact) mass is 397 g/mol. The number of benzene rings is 1. The quantitative estimate of drug-likeness (QED) is 0.489. The molecule has 0 bridgehead atoms. The molecule has 0 saturated carbocycles. The van der Waals surface area contributed by atoms with Crippen LogP contribution < -0.4 is 5.32 Å². The van der Waals surface area contributed by atoms with Crippen molar-refractivity contribution in [2.45, 2.75) is 38.5 Å². The molecule has 8 heteroatoms. The van der Waals surface area contributed by atoms with Crippen LogP contribution in [0.15, 0.2) is 36.4 Å². The molecule has 1 aliphatic rings. The number of imidazole rings is 1. The average molecular weight is 397 g/mol. The second-order valence-electron chi connectivity index (χ2n) is 7.19. The molecule has 7 nitrogen and oxygen atoms in total. The number of fused-ring (bicyclic) bond motifs is 3. The fraction of sp³-hybridized carbons (Fsp3) is 0.381. The number of ether oxygens (including phenoxy) is 2. The Kier molecular flexibility index (Phi) is 5.44. The van der Waals surface area contributed by atoms with Crippen LogP contribution in [0.4, 0.5) is 4.39 Å². The van der Waals surface area contributed by atoms with Crippen molar-refractivity contribution in [3.63, 3.8) is 0 Å². The first-order chi connectivity index (χ1) is 14.1. The minimum atomic E-state index is -0.293.